The lowest BCUT2D eigenvalue weighted by molar-refractivity contribution is 0.0566. The summed E-state index contributed by atoms with van der Waals surface area (Å²) in [5.74, 6) is 0.413. The minimum atomic E-state index is -0.523. The number of nitrogens with zero attached hydrogens (tertiary/aromatic N) is 1. The zero-order valence-electron chi connectivity index (χ0n) is 8.94. The molecule has 0 spiro atoms. The molecule has 0 saturated heterocycles. The van der Waals surface area contributed by atoms with Crippen molar-refractivity contribution in [2.75, 3.05) is 13.7 Å². The van der Waals surface area contributed by atoms with Gasteiger partial charge in [-0.1, -0.05) is 0 Å². The van der Waals surface area contributed by atoms with Gasteiger partial charge in [0.05, 0.1) is 13.7 Å². The summed E-state index contributed by atoms with van der Waals surface area (Å²) in [5.41, 5.74) is 0. The number of rotatable bonds is 3. The monoisotopic (exact) mass is 211 g/mol. The first-order chi connectivity index (χ1) is 7.17. The van der Waals surface area contributed by atoms with E-state index in [1.165, 1.54) is 13.2 Å². The maximum Gasteiger partial charge on any atom is 0.374 e. The standard InChI is InChI=1S/C10H13NO4/c1-4-14-7(2)11-9-6-5-8(15-9)10(12)13-3/h5-6H,4H2,1-3H3. The Morgan fingerprint density at radius 1 is 1.53 bits per heavy atom. The summed E-state index contributed by atoms with van der Waals surface area (Å²) >= 11 is 0. The molecule has 82 valence electrons. The number of esters is 1. The summed E-state index contributed by atoms with van der Waals surface area (Å²) in [6.07, 6.45) is 0. The van der Waals surface area contributed by atoms with Crippen LogP contribution in [0, 0.1) is 0 Å². The predicted octanol–water partition coefficient (Wildman–Crippen LogP) is 2.15. The molecule has 0 fully saturated rings. The summed E-state index contributed by atoms with van der Waals surface area (Å²) in [7, 11) is 1.29. The minimum absolute atomic E-state index is 0.126. The van der Waals surface area contributed by atoms with Gasteiger partial charge in [-0.2, -0.15) is 4.99 Å². The average molecular weight is 211 g/mol. The normalized spacial score (nSPS) is 11.3. The molecule has 1 aromatic rings. The van der Waals surface area contributed by atoms with Gasteiger partial charge in [0.25, 0.3) is 0 Å². The molecule has 0 amide bonds. The van der Waals surface area contributed by atoms with E-state index in [-0.39, 0.29) is 5.76 Å². The van der Waals surface area contributed by atoms with Gasteiger partial charge in [0.2, 0.25) is 11.6 Å². The van der Waals surface area contributed by atoms with Crippen molar-refractivity contribution in [1.29, 1.82) is 0 Å². The van der Waals surface area contributed by atoms with Gasteiger partial charge >= 0.3 is 5.97 Å². The topological polar surface area (TPSA) is 61.0 Å². The lowest BCUT2D eigenvalue weighted by Crippen LogP contribution is -1.98. The van der Waals surface area contributed by atoms with E-state index in [4.69, 9.17) is 9.15 Å². The Balaban J connectivity index is 2.76. The molecule has 0 aliphatic carbocycles. The molecule has 0 aromatic carbocycles. The first kappa shape index (κ1) is 11.3. The van der Waals surface area contributed by atoms with E-state index in [2.05, 4.69) is 9.73 Å². The molecule has 0 aliphatic rings. The molecular formula is C10H13NO4. The van der Waals surface area contributed by atoms with Crippen LogP contribution in [0.5, 0.6) is 0 Å². The highest BCUT2D eigenvalue weighted by molar-refractivity contribution is 5.86. The van der Waals surface area contributed by atoms with Gasteiger partial charge < -0.3 is 13.9 Å². The third-order valence-electron chi connectivity index (χ3n) is 1.60. The molecule has 5 heteroatoms. The van der Waals surface area contributed by atoms with Crippen LogP contribution in [0.4, 0.5) is 5.88 Å². The summed E-state index contributed by atoms with van der Waals surface area (Å²) in [6, 6.07) is 3.08. The molecule has 1 heterocycles. The van der Waals surface area contributed by atoms with Crippen LogP contribution >= 0.6 is 0 Å². The zero-order chi connectivity index (χ0) is 11.3. The number of carbonyl (C=O) groups excluding carboxylic acids is 1. The number of aliphatic imine (C=N–C) groups is 1. The predicted molar refractivity (Wildman–Crippen MR) is 54.4 cm³/mol. The molecular weight excluding hydrogens is 198 g/mol. The fraction of sp³-hybridized carbons (Fsp3) is 0.400. The van der Waals surface area contributed by atoms with Crippen LogP contribution in [0.15, 0.2) is 21.5 Å². The lowest BCUT2D eigenvalue weighted by atomic mass is 10.4. The smallest absolute Gasteiger partial charge is 0.374 e. The van der Waals surface area contributed by atoms with Crippen LogP contribution in [0.2, 0.25) is 0 Å². The van der Waals surface area contributed by atoms with Crippen molar-refractivity contribution < 1.29 is 18.7 Å². The Morgan fingerprint density at radius 2 is 2.27 bits per heavy atom. The van der Waals surface area contributed by atoms with Crippen LogP contribution in [0.25, 0.3) is 0 Å². The molecule has 0 N–H and O–H groups in total. The van der Waals surface area contributed by atoms with Crippen molar-refractivity contribution >= 4 is 17.8 Å². The van der Waals surface area contributed by atoms with Gasteiger partial charge in [-0.25, -0.2) is 4.79 Å². The van der Waals surface area contributed by atoms with Crippen LogP contribution in [0.1, 0.15) is 24.4 Å². The largest absolute Gasteiger partial charge is 0.481 e. The van der Waals surface area contributed by atoms with Crippen LogP contribution in [0.3, 0.4) is 0 Å². The van der Waals surface area contributed by atoms with E-state index in [0.717, 1.165) is 0 Å². The quantitative estimate of drug-likeness (QED) is 0.436. The molecule has 5 nitrogen and oxygen atoms in total. The third-order valence-corrected chi connectivity index (χ3v) is 1.60. The molecule has 0 aliphatic heterocycles. The van der Waals surface area contributed by atoms with E-state index in [1.807, 2.05) is 6.92 Å². The molecule has 0 saturated carbocycles. The van der Waals surface area contributed by atoms with Crippen LogP contribution in [-0.2, 0) is 9.47 Å². The molecule has 0 unspecified atom stereocenters. The summed E-state index contributed by atoms with van der Waals surface area (Å²) in [6.45, 7) is 4.12. The van der Waals surface area contributed by atoms with Crippen molar-refractivity contribution in [3.63, 3.8) is 0 Å². The number of carbonyl (C=O) groups is 1. The van der Waals surface area contributed by atoms with Crippen molar-refractivity contribution in [3.05, 3.63) is 17.9 Å². The molecule has 1 aromatic heterocycles. The number of hydrogen-bond acceptors (Lipinski definition) is 5. The van der Waals surface area contributed by atoms with E-state index in [0.29, 0.717) is 18.4 Å². The van der Waals surface area contributed by atoms with Crippen LogP contribution < -0.4 is 0 Å². The maximum atomic E-state index is 11.0. The van der Waals surface area contributed by atoms with Gasteiger partial charge in [-0.3, -0.25) is 0 Å². The minimum Gasteiger partial charge on any atom is -0.481 e. The molecule has 15 heavy (non-hydrogen) atoms. The van der Waals surface area contributed by atoms with Crippen molar-refractivity contribution in [1.82, 2.24) is 0 Å². The highest BCUT2D eigenvalue weighted by atomic mass is 16.5. The van der Waals surface area contributed by atoms with Gasteiger partial charge in [0.15, 0.2) is 5.90 Å². The van der Waals surface area contributed by atoms with Gasteiger partial charge in [0.1, 0.15) is 0 Å². The Morgan fingerprint density at radius 3 is 2.87 bits per heavy atom. The fourth-order valence-corrected chi connectivity index (χ4v) is 0.994. The summed E-state index contributed by atoms with van der Waals surface area (Å²) in [4.78, 5) is 15.0. The van der Waals surface area contributed by atoms with E-state index in [9.17, 15) is 4.79 Å². The zero-order valence-corrected chi connectivity index (χ0v) is 8.94. The third kappa shape index (κ3) is 3.12. The number of hydrogen-bond donors (Lipinski definition) is 0. The Hall–Kier alpha value is -1.78. The van der Waals surface area contributed by atoms with Crippen molar-refractivity contribution in [2.24, 2.45) is 4.99 Å². The maximum absolute atomic E-state index is 11.0. The van der Waals surface area contributed by atoms with E-state index >= 15 is 0 Å². The second-order valence-corrected chi connectivity index (χ2v) is 2.69. The number of methoxy groups -OCH3 is 1. The van der Waals surface area contributed by atoms with Gasteiger partial charge in [-0.15, -0.1) is 0 Å². The average Bonchev–Trinajstić information content (AvgIpc) is 2.65. The molecule has 0 bridgehead atoms. The first-order valence-electron chi connectivity index (χ1n) is 4.53. The summed E-state index contributed by atoms with van der Waals surface area (Å²) < 4.78 is 14.7. The fourth-order valence-electron chi connectivity index (χ4n) is 0.994. The summed E-state index contributed by atoms with van der Waals surface area (Å²) in [5, 5.41) is 0. The SMILES string of the molecule is CCOC(C)=Nc1ccc(C(=O)OC)o1. The Labute approximate surface area is 87.7 Å². The number of furan rings is 1. The van der Waals surface area contributed by atoms with Crippen LogP contribution in [-0.4, -0.2) is 25.6 Å². The van der Waals surface area contributed by atoms with E-state index < -0.39 is 5.97 Å². The van der Waals surface area contributed by atoms with Gasteiger partial charge in [0, 0.05) is 13.0 Å². The Bertz CT molecular complexity index is 367. The van der Waals surface area contributed by atoms with Crippen molar-refractivity contribution in [3.8, 4) is 0 Å². The molecule has 0 radical (unpaired) electrons. The highest BCUT2D eigenvalue weighted by Gasteiger charge is 2.10. The molecule has 1 rings (SSSR count). The van der Waals surface area contributed by atoms with Crippen molar-refractivity contribution in [2.45, 2.75) is 13.8 Å². The van der Waals surface area contributed by atoms with Gasteiger partial charge in [-0.05, 0) is 13.0 Å². The second kappa shape index (κ2) is 5.19. The van der Waals surface area contributed by atoms with E-state index in [1.54, 1.807) is 13.0 Å². The Kier molecular flexibility index (Phi) is 3.91. The number of ether oxygens (including phenoxy) is 2. The second-order valence-electron chi connectivity index (χ2n) is 2.69. The molecule has 0 atom stereocenters. The first-order valence-corrected chi connectivity index (χ1v) is 4.53. The lowest BCUT2D eigenvalue weighted by Gasteiger charge is -1.98. The highest BCUT2D eigenvalue weighted by Crippen LogP contribution is 2.17.